The van der Waals surface area contributed by atoms with Crippen molar-refractivity contribution in [1.29, 1.82) is 0 Å². The number of phosphoric ester groups is 2. The molecule has 2 aliphatic heterocycles. The minimum atomic E-state index is -6.05. The summed E-state index contributed by atoms with van der Waals surface area (Å²) in [6.07, 6.45) is -16.1. The van der Waals surface area contributed by atoms with Crippen molar-refractivity contribution in [3.8, 4) is 0 Å². The van der Waals surface area contributed by atoms with Gasteiger partial charge in [-0.25, -0.2) is 17.7 Å². The van der Waals surface area contributed by atoms with Gasteiger partial charge in [-0.05, 0) is 29.9 Å². The molecule has 0 aliphatic carbocycles. The van der Waals surface area contributed by atoms with Gasteiger partial charge in [0.25, 0.3) is 21.2 Å². The van der Waals surface area contributed by atoms with Gasteiger partial charge in [0.2, 0.25) is 14.8 Å². The van der Waals surface area contributed by atoms with E-state index in [0.717, 1.165) is 16.5 Å². The Morgan fingerprint density at radius 2 is 1.61 bits per heavy atom. The van der Waals surface area contributed by atoms with Gasteiger partial charge >= 0.3 is 59.1 Å². The molecule has 0 saturated carbocycles. The van der Waals surface area contributed by atoms with Crippen LogP contribution < -0.4 is 80.2 Å². The topological polar surface area (TPSA) is 351 Å². The number of nitrogens with two attached hydrogens (primary N) is 1. The van der Waals surface area contributed by atoms with Crippen LogP contribution in [0.4, 0.5) is 5.95 Å². The number of aromatic nitrogens is 4. The Hall–Kier alpha value is -0.350. The maximum atomic E-state index is 12.7. The number of hydrogen-bond acceptors (Lipinski definition) is 21. The maximum absolute atomic E-state index is 12.7. The average Bonchev–Trinajstić information content (AvgIpc) is 3.55. The molecule has 5 rings (SSSR count). The van der Waals surface area contributed by atoms with Crippen molar-refractivity contribution in [2.75, 3.05) is 18.1 Å². The summed E-state index contributed by atoms with van der Waals surface area (Å²) in [5, 5.41) is 51.7. The fourth-order valence-electron chi connectivity index (χ4n) is 4.75. The summed E-state index contributed by atoms with van der Waals surface area (Å²) in [5.41, 5.74) is 5.25. The quantitative estimate of drug-likeness (QED) is 0.0507. The number of aromatic amines is 1. The number of phosphoric acid groups is 2. The zero-order chi connectivity index (χ0) is 36.1. The van der Waals surface area contributed by atoms with E-state index in [1.807, 2.05) is 0 Å². The number of benzene rings is 1. The first-order valence-corrected chi connectivity index (χ1v) is 19.8. The van der Waals surface area contributed by atoms with Crippen LogP contribution >= 0.6 is 26.4 Å². The Morgan fingerprint density at radius 3 is 2.25 bits per heavy atom. The number of hydrogen-bond donors (Lipinski definition) is 7. The Bertz CT molecular complexity index is 1940. The first-order chi connectivity index (χ1) is 22.8. The molecule has 11 atom stereocenters. The summed E-state index contributed by atoms with van der Waals surface area (Å²) < 4.78 is 74.9. The predicted octanol–water partition coefficient (Wildman–Crippen LogP) is -9.45. The summed E-state index contributed by atoms with van der Waals surface area (Å²) >= 11 is 0. The Morgan fingerprint density at radius 1 is 0.980 bits per heavy atom. The molecule has 2 saturated heterocycles. The molecule has 1 aromatic carbocycles. The van der Waals surface area contributed by atoms with E-state index < -0.39 is 97.7 Å². The maximum Gasteiger partial charge on any atom is 1.00 e. The van der Waals surface area contributed by atoms with E-state index >= 15 is 0 Å². The van der Waals surface area contributed by atoms with E-state index in [4.69, 9.17) is 15.2 Å². The molecular weight excluding hydrogens is 790 g/mol. The van der Waals surface area contributed by atoms with E-state index in [1.165, 1.54) is 12.1 Å². The number of fused-ring (bicyclic) bond motifs is 1. The van der Waals surface area contributed by atoms with Crippen molar-refractivity contribution in [3.63, 3.8) is 0 Å². The third kappa shape index (κ3) is 10.5. The minimum Gasteiger partial charge on any atom is -0.756 e. The van der Waals surface area contributed by atoms with Crippen LogP contribution in [0.15, 0.2) is 40.3 Å². The number of aryl methyl sites for hydroxylation is 1. The second-order valence-corrected chi connectivity index (χ2v) is 17.6. The Kier molecular flexibility index (Phi) is 15.6. The van der Waals surface area contributed by atoms with Crippen molar-refractivity contribution in [2.45, 2.75) is 67.1 Å². The molecule has 51 heavy (non-hydrogen) atoms. The van der Waals surface area contributed by atoms with Gasteiger partial charge in [-0.2, -0.15) is 4.98 Å². The average molecular weight is 820 g/mol. The first-order valence-electron chi connectivity index (χ1n) is 13.8. The van der Waals surface area contributed by atoms with Gasteiger partial charge in [-0.3, -0.25) is 28.0 Å². The SMILES string of the molecule is Cc1ccc(S(=O)(=O)SCC2OC(OP(=O)([O-])OP(=O)([O-])OCC3OC(n4cnc5c(=O)[nH]c(N)nc54)C(O)C3O)C(O)C(O)C2O)cc1.[Na+].[Na+]. The molecule has 0 amide bonds. The van der Waals surface area contributed by atoms with Crippen LogP contribution in [-0.4, -0.2) is 115 Å². The Labute approximate surface area is 335 Å². The van der Waals surface area contributed by atoms with E-state index in [0.29, 0.717) is 0 Å². The van der Waals surface area contributed by atoms with Crippen LogP contribution in [0.3, 0.4) is 0 Å². The first kappa shape index (κ1) is 45.0. The monoisotopic (exact) mass is 819 g/mol. The van der Waals surface area contributed by atoms with E-state index in [9.17, 15) is 57.7 Å². The summed E-state index contributed by atoms with van der Waals surface area (Å²) in [7, 11) is -15.7. The van der Waals surface area contributed by atoms with Crippen LogP contribution in [0.25, 0.3) is 11.2 Å². The molecule has 2 fully saturated rings. The number of nitrogens with one attached hydrogen (secondary N) is 1. The number of aliphatic hydroxyl groups is 5. The molecule has 22 nitrogen and oxygen atoms in total. The number of anilines is 1. The number of H-pyrrole nitrogens is 1. The number of nitrogens with zero attached hydrogens (tertiary/aromatic N) is 3. The van der Waals surface area contributed by atoms with Crippen molar-refractivity contribution in [2.24, 2.45) is 0 Å². The predicted molar refractivity (Wildman–Crippen MR) is 159 cm³/mol. The summed E-state index contributed by atoms with van der Waals surface area (Å²) in [6, 6.07) is 5.73. The van der Waals surface area contributed by atoms with E-state index in [-0.39, 0.29) is 91.9 Å². The van der Waals surface area contributed by atoms with E-state index in [2.05, 4.69) is 28.3 Å². The van der Waals surface area contributed by atoms with Crippen LogP contribution in [0.5, 0.6) is 0 Å². The van der Waals surface area contributed by atoms with Gasteiger partial charge in [-0.1, -0.05) is 17.7 Å². The van der Waals surface area contributed by atoms with Crippen LogP contribution in [0, 0.1) is 6.92 Å². The fraction of sp³-hybridized carbons (Fsp3) is 0.522. The number of rotatable bonds is 12. The van der Waals surface area contributed by atoms with Gasteiger partial charge in [0.05, 0.1) is 23.9 Å². The van der Waals surface area contributed by atoms with Crippen molar-refractivity contribution in [3.05, 3.63) is 46.5 Å². The van der Waals surface area contributed by atoms with Gasteiger partial charge in [0.15, 0.2) is 23.7 Å². The molecule has 0 radical (unpaired) electrons. The van der Waals surface area contributed by atoms with E-state index in [1.54, 1.807) is 19.1 Å². The molecule has 4 heterocycles. The van der Waals surface area contributed by atoms with Crippen LogP contribution in [0.1, 0.15) is 11.8 Å². The summed E-state index contributed by atoms with van der Waals surface area (Å²) in [4.78, 5) is 46.8. The van der Waals surface area contributed by atoms with Gasteiger partial charge in [-0.15, -0.1) is 0 Å². The second-order valence-electron chi connectivity index (χ2n) is 10.8. The summed E-state index contributed by atoms with van der Waals surface area (Å²) in [6.45, 7) is 0.611. The molecule has 0 bridgehead atoms. The molecular formula is C23H29N5Na2O17P2S2. The van der Waals surface area contributed by atoms with Gasteiger partial charge in [0.1, 0.15) is 36.6 Å². The number of imidazole rings is 1. The van der Waals surface area contributed by atoms with Gasteiger partial charge in [0, 0.05) is 5.75 Å². The molecule has 11 unspecified atom stereocenters. The molecule has 0 spiro atoms. The third-order valence-electron chi connectivity index (χ3n) is 7.26. The van der Waals surface area contributed by atoms with Crippen molar-refractivity contribution in [1.82, 2.24) is 19.5 Å². The largest absolute Gasteiger partial charge is 1.00 e. The summed E-state index contributed by atoms with van der Waals surface area (Å²) in [5.74, 6) is -0.905. The normalized spacial score (nSPS) is 30.5. The number of aliphatic hydroxyl groups excluding tert-OH is 5. The number of ether oxygens (including phenoxy) is 2. The van der Waals surface area contributed by atoms with Crippen molar-refractivity contribution < 1.29 is 135 Å². The molecule has 28 heteroatoms. The molecule has 2 aliphatic rings. The number of nitrogen functional groups attached to an aromatic ring is 1. The second kappa shape index (κ2) is 17.6. The standard InChI is InChI=1S/C23H31N5O17P2S2.2Na/c1-9-2-4-10(5-3-9)49(39,40)48-7-12-15(30)16(31)18(33)22(43-12)44-47(37,38)45-46(35,36)41-6-11-14(29)17(32)21(42-11)28-8-25-13-19(28)26-23(24)27-20(13)34;;/h2-5,8,11-12,14-18,21-22,29-33H,6-7H2,1H3,(H,35,36)(H,37,38)(H3,24,26,27,34);;/q;2*+1/p-2. The smallest absolute Gasteiger partial charge is 0.756 e. The van der Waals surface area contributed by atoms with Crippen molar-refractivity contribution >= 4 is 52.4 Å². The fourth-order valence-corrected chi connectivity index (χ4v) is 9.71. The van der Waals surface area contributed by atoms with Gasteiger partial charge < -0.3 is 55.1 Å². The molecule has 272 valence electrons. The zero-order valence-electron chi connectivity index (χ0n) is 26.8. The zero-order valence-corrected chi connectivity index (χ0v) is 34.2. The van der Waals surface area contributed by atoms with Crippen LogP contribution in [0.2, 0.25) is 0 Å². The van der Waals surface area contributed by atoms with Crippen LogP contribution in [-0.2, 0) is 40.8 Å². The minimum absolute atomic E-state index is 0. The molecule has 2 aromatic heterocycles. The Balaban J connectivity index is 0.00000351. The molecule has 8 N–H and O–H groups in total. The molecule has 3 aromatic rings. The third-order valence-corrected chi connectivity index (χ3v) is 13.3.